The van der Waals surface area contributed by atoms with E-state index in [1.165, 1.54) is 0 Å². The quantitative estimate of drug-likeness (QED) is 0.856. The van der Waals surface area contributed by atoms with Crippen LogP contribution in [0.25, 0.3) is 0 Å². The third-order valence-corrected chi connectivity index (χ3v) is 4.01. The van der Waals surface area contributed by atoms with E-state index in [9.17, 15) is 13.2 Å². The summed E-state index contributed by atoms with van der Waals surface area (Å²) in [6.45, 7) is 0.576. The Morgan fingerprint density at radius 2 is 2.00 bits per heavy atom. The Labute approximate surface area is 90.1 Å². The van der Waals surface area contributed by atoms with Crippen LogP contribution >= 0.6 is 11.3 Å². The van der Waals surface area contributed by atoms with Gasteiger partial charge in [-0.2, -0.15) is 13.2 Å². The molecule has 0 spiro atoms. The fraction of sp³-hybridized carbons (Fsp3) is 0.600. The minimum absolute atomic E-state index is 0.105. The first-order valence-corrected chi connectivity index (χ1v) is 5.63. The van der Waals surface area contributed by atoms with Crippen molar-refractivity contribution in [1.82, 2.24) is 0 Å². The lowest BCUT2D eigenvalue weighted by Gasteiger charge is -2.09. The van der Waals surface area contributed by atoms with Gasteiger partial charge in [-0.3, -0.25) is 0 Å². The molecule has 2 N–H and O–H groups in total. The fourth-order valence-electron chi connectivity index (χ4n) is 1.62. The van der Waals surface area contributed by atoms with Crippen LogP contribution < -0.4 is 5.73 Å². The second-order valence-corrected chi connectivity index (χ2v) is 5.31. The van der Waals surface area contributed by atoms with E-state index < -0.39 is 11.1 Å². The highest BCUT2D eigenvalue weighted by molar-refractivity contribution is 7.12. The number of nitrogens with two attached hydrogens (primary N) is 1. The van der Waals surface area contributed by atoms with Crippen molar-refractivity contribution in [2.45, 2.75) is 25.4 Å². The number of thiophene rings is 1. The van der Waals surface area contributed by atoms with E-state index in [-0.39, 0.29) is 5.41 Å². The van der Waals surface area contributed by atoms with Crippen LogP contribution in [0.2, 0.25) is 0 Å². The second-order valence-electron chi connectivity index (χ2n) is 4.14. The molecule has 1 aromatic rings. The van der Waals surface area contributed by atoms with Crippen LogP contribution in [0.4, 0.5) is 13.2 Å². The molecule has 1 aliphatic carbocycles. The maximum atomic E-state index is 12.3. The molecule has 0 amide bonds. The van der Waals surface area contributed by atoms with Crippen molar-refractivity contribution in [2.75, 3.05) is 6.54 Å². The van der Waals surface area contributed by atoms with Gasteiger partial charge in [-0.05, 0) is 43.4 Å². The largest absolute Gasteiger partial charge is 0.425 e. The standard InChI is InChI=1S/C10H12F3NS/c11-10(12,13)8-2-1-7(15-8)5-9(6-14)3-4-9/h1-2H,3-6,14H2. The summed E-state index contributed by atoms with van der Waals surface area (Å²) in [6, 6.07) is 2.73. The number of hydrogen-bond acceptors (Lipinski definition) is 2. The number of hydrogen-bond donors (Lipinski definition) is 1. The Kier molecular flexibility index (Phi) is 2.55. The molecule has 0 radical (unpaired) electrons. The zero-order valence-electron chi connectivity index (χ0n) is 8.10. The molecule has 0 atom stereocenters. The van der Waals surface area contributed by atoms with E-state index in [1.54, 1.807) is 6.07 Å². The van der Waals surface area contributed by atoms with Crippen molar-refractivity contribution in [3.05, 3.63) is 21.9 Å². The molecule has 15 heavy (non-hydrogen) atoms. The monoisotopic (exact) mass is 235 g/mol. The molecule has 0 aliphatic heterocycles. The van der Waals surface area contributed by atoms with Crippen LogP contribution in [0, 0.1) is 5.41 Å². The van der Waals surface area contributed by atoms with E-state index in [1.807, 2.05) is 0 Å². The minimum atomic E-state index is -4.21. The summed E-state index contributed by atoms with van der Waals surface area (Å²) in [5, 5.41) is 0. The summed E-state index contributed by atoms with van der Waals surface area (Å²) in [7, 11) is 0. The molecule has 0 aromatic carbocycles. The molecular weight excluding hydrogens is 223 g/mol. The highest BCUT2D eigenvalue weighted by Gasteiger charge is 2.42. The van der Waals surface area contributed by atoms with E-state index in [2.05, 4.69) is 0 Å². The average Bonchev–Trinajstić information content (AvgIpc) is 2.73. The maximum Gasteiger partial charge on any atom is 0.425 e. The van der Waals surface area contributed by atoms with E-state index in [0.29, 0.717) is 13.0 Å². The minimum Gasteiger partial charge on any atom is -0.330 e. The predicted molar refractivity (Wildman–Crippen MR) is 53.7 cm³/mol. The first-order valence-electron chi connectivity index (χ1n) is 4.81. The van der Waals surface area contributed by atoms with Gasteiger partial charge in [0, 0.05) is 4.88 Å². The first kappa shape index (κ1) is 11.0. The van der Waals surface area contributed by atoms with Gasteiger partial charge in [0.25, 0.3) is 0 Å². The van der Waals surface area contributed by atoms with Gasteiger partial charge in [0.2, 0.25) is 0 Å². The summed E-state index contributed by atoms with van der Waals surface area (Å²) in [5.74, 6) is 0. The lowest BCUT2D eigenvalue weighted by atomic mass is 10.0. The van der Waals surface area contributed by atoms with Crippen molar-refractivity contribution < 1.29 is 13.2 Å². The van der Waals surface area contributed by atoms with Crippen molar-refractivity contribution in [1.29, 1.82) is 0 Å². The van der Waals surface area contributed by atoms with Gasteiger partial charge >= 0.3 is 6.18 Å². The molecule has 0 bridgehead atoms. The van der Waals surface area contributed by atoms with Crippen LogP contribution in [0.15, 0.2) is 12.1 Å². The highest BCUT2D eigenvalue weighted by atomic mass is 32.1. The fourth-order valence-corrected chi connectivity index (χ4v) is 2.67. The molecule has 0 saturated heterocycles. The van der Waals surface area contributed by atoms with Crippen molar-refractivity contribution in [2.24, 2.45) is 11.1 Å². The van der Waals surface area contributed by atoms with Crippen LogP contribution in [0.5, 0.6) is 0 Å². The Balaban J connectivity index is 2.08. The summed E-state index contributed by atoms with van der Waals surface area (Å²) < 4.78 is 37.0. The van der Waals surface area contributed by atoms with Crippen molar-refractivity contribution in [3.63, 3.8) is 0 Å². The van der Waals surface area contributed by atoms with E-state index >= 15 is 0 Å². The normalized spacial score (nSPS) is 19.2. The molecular formula is C10H12F3NS. The van der Waals surface area contributed by atoms with Gasteiger partial charge in [-0.25, -0.2) is 0 Å². The summed E-state index contributed by atoms with van der Waals surface area (Å²) >= 11 is 0.842. The summed E-state index contributed by atoms with van der Waals surface area (Å²) in [5.41, 5.74) is 5.70. The topological polar surface area (TPSA) is 26.0 Å². The van der Waals surface area contributed by atoms with Gasteiger partial charge < -0.3 is 5.73 Å². The molecule has 0 unspecified atom stereocenters. The molecule has 1 heterocycles. The molecule has 2 rings (SSSR count). The van der Waals surface area contributed by atoms with Crippen molar-refractivity contribution >= 4 is 11.3 Å². The zero-order chi connectivity index (χ0) is 11.1. The molecule has 1 saturated carbocycles. The van der Waals surface area contributed by atoms with Gasteiger partial charge in [0.1, 0.15) is 4.88 Å². The number of halogens is 3. The predicted octanol–water partition coefficient (Wildman–Crippen LogP) is 3.05. The van der Waals surface area contributed by atoms with Crippen LogP contribution in [0.3, 0.4) is 0 Å². The third kappa shape index (κ3) is 2.34. The van der Waals surface area contributed by atoms with Crippen LogP contribution in [-0.2, 0) is 12.6 Å². The number of rotatable bonds is 3. The molecule has 1 nitrogen and oxygen atoms in total. The Morgan fingerprint density at radius 3 is 2.40 bits per heavy atom. The lowest BCUT2D eigenvalue weighted by molar-refractivity contribution is -0.134. The number of alkyl halides is 3. The van der Waals surface area contributed by atoms with Crippen molar-refractivity contribution in [3.8, 4) is 0 Å². The van der Waals surface area contributed by atoms with Gasteiger partial charge in [0.05, 0.1) is 0 Å². The summed E-state index contributed by atoms with van der Waals surface area (Å²) in [6.07, 6.45) is -1.42. The van der Waals surface area contributed by atoms with E-state index in [0.717, 1.165) is 35.1 Å². The molecule has 1 fully saturated rings. The molecule has 84 valence electrons. The summed E-state index contributed by atoms with van der Waals surface area (Å²) in [4.78, 5) is 0.288. The average molecular weight is 235 g/mol. The van der Waals surface area contributed by atoms with Gasteiger partial charge in [-0.15, -0.1) is 11.3 Å². The lowest BCUT2D eigenvalue weighted by Crippen LogP contribution is -2.17. The maximum absolute atomic E-state index is 12.3. The van der Waals surface area contributed by atoms with Gasteiger partial charge in [-0.1, -0.05) is 0 Å². The smallest absolute Gasteiger partial charge is 0.330 e. The highest BCUT2D eigenvalue weighted by Crippen LogP contribution is 2.48. The second kappa shape index (κ2) is 3.49. The van der Waals surface area contributed by atoms with Gasteiger partial charge in [0.15, 0.2) is 0 Å². The Morgan fingerprint density at radius 1 is 1.33 bits per heavy atom. The Bertz CT molecular complexity index is 352. The third-order valence-electron chi connectivity index (χ3n) is 2.88. The SMILES string of the molecule is NCC1(Cc2ccc(C(F)(F)F)s2)CC1. The van der Waals surface area contributed by atoms with Crippen LogP contribution in [-0.4, -0.2) is 6.54 Å². The molecule has 1 aliphatic rings. The Hall–Kier alpha value is -0.550. The molecule has 1 aromatic heterocycles. The zero-order valence-corrected chi connectivity index (χ0v) is 8.92. The molecule has 5 heteroatoms. The first-order chi connectivity index (χ1) is 6.95. The van der Waals surface area contributed by atoms with Crippen LogP contribution in [0.1, 0.15) is 22.6 Å². The van der Waals surface area contributed by atoms with E-state index in [4.69, 9.17) is 5.73 Å².